The Balaban J connectivity index is -0.000000364. The molecule has 0 saturated carbocycles. The smallest absolute Gasteiger partial charge is 0.0468 e. The minimum atomic E-state index is 0.645. The van der Waals surface area contributed by atoms with Gasteiger partial charge in [-0.1, -0.05) is 292 Å². The summed E-state index contributed by atoms with van der Waals surface area (Å²) in [4.78, 5) is 0. The molecule has 0 aliphatic carbocycles. The highest BCUT2D eigenvalue weighted by Crippen LogP contribution is 2.18. The van der Waals surface area contributed by atoms with Gasteiger partial charge in [0.2, 0.25) is 0 Å². The zero-order valence-corrected chi connectivity index (χ0v) is 51.4. The van der Waals surface area contributed by atoms with E-state index in [0.717, 1.165) is 78.3 Å². The molecule has 0 aromatic heterocycles. The Labute approximate surface area is 433 Å². The fourth-order valence-electron chi connectivity index (χ4n) is 7.44. The molecule has 2 aromatic carbocycles. The van der Waals surface area contributed by atoms with Crippen molar-refractivity contribution in [1.29, 1.82) is 0 Å². The molecule has 68 heavy (non-hydrogen) atoms. The molecule has 0 heterocycles. The van der Waals surface area contributed by atoms with Gasteiger partial charge in [0.25, 0.3) is 0 Å². The van der Waals surface area contributed by atoms with Crippen molar-refractivity contribution in [1.82, 2.24) is 0 Å². The molecule has 0 saturated heterocycles. The van der Waals surface area contributed by atoms with Crippen LogP contribution in [-0.2, 0) is 24.0 Å². The van der Waals surface area contributed by atoms with Crippen LogP contribution in [0.2, 0.25) is 0 Å². The van der Waals surface area contributed by atoms with E-state index < -0.39 is 0 Å². The third-order valence-corrected chi connectivity index (χ3v) is 11.7. The van der Waals surface area contributed by atoms with E-state index in [2.05, 4.69) is 215 Å². The van der Waals surface area contributed by atoms with Crippen LogP contribution in [0.1, 0.15) is 284 Å². The minimum absolute atomic E-state index is 0.645. The number of rotatable bonds is 28. The van der Waals surface area contributed by atoms with Crippen molar-refractivity contribution in [3.63, 3.8) is 0 Å². The van der Waals surface area contributed by atoms with E-state index >= 15 is 0 Å². The van der Waals surface area contributed by atoms with Gasteiger partial charge >= 0.3 is 0 Å². The Morgan fingerprint density at radius 1 is 0.279 bits per heavy atom. The van der Waals surface area contributed by atoms with E-state index in [4.69, 9.17) is 4.74 Å². The van der Waals surface area contributed by atoms with Crippen molar-refractivity contribution < 1.29 is 4.74 Å². The molecule has 0 fully saturated rings. The van der Waals surface area contributed by atoms with Gasteiger partial charge in [-0.2, -0.15) is 0 Å². The largest absolute Gasteiger partial charge is 0.381 e. The topological polar surface area (TPSA) is 9.23 Å². The zero-order chi connectivity index (χ0) is 53.0. The van der Waals surface area contributed by atoms with Gasteiger partial charge in [0, 0.05) is 13.2 Å². The van der Waals surface area contributed by atoms with Gasteiger partial charge in [-0.25, -0.2) is 0 Å². The highest BCUT2D eigenvalue weighted by Gasteiger charge is 2.04. The lowest BCUT2D eigenvalue weighted by Crippen LogP contribution is -2.02. The molecule has 0 amide bonds. The third kappa shape index (κ3) is 64.4. The fraction of sp³-hybridized carbons (Fsp3) is 0.821. The molecule has 1 nitrogen and oxygen atoms in total. The molecular formula is C67H130O. The molecule has 0 radical (unpaired) electrons. The van der Waals surface area contributed by atoms with Crippen LogP contribution in [0.5, 0.6) is 0 Å². The molecule has 1 heteroatoms. The van der Waals surface area contributed by atoms with Crippen molar-refractivity contribution in [3.8, 4) is 0 Å². The fourth-order valence-corrected chi connectivity index (χ4v) is 7.44. The lowest BCUT2D eigenvalue weighted by atomic mass is 9.97. The van der Waals surface area contributed by atoms with Gasteiger partial charge < -0.3 is 4.74 Å². The van der Waals surface area contributed by atoms with E-state index in [1.54, 1.807) is 0 Å². The summed E-state index contributed by atoms with van der Waals surface area (Å²) in [7, 11) is 0. The first kappa shape index (κ1) is 72.9. The molecule has 0 spiro atoms. The van der Waals surface area contributed by atoms with E-state index in [1.807, 2.05) is 0 Å². The molecule has 0 N–H and O–H groups in total. The van der Waals surface area contributed by atoms with Gasteiger partial charge in [0.15, 0.2) is 0 Å². The minimum Gasteiger partial charge on any atom is -0.381 e. The lowest BCUT2D eigenvalue weighted by Gasteiger charge is -2.09. The Bertz CT molecular complexity index is 1190. The Hall–Kier alpha value is -1.60. The first-order chi connectivity index (χ1) is 31.7. The van der Waals surface area contributed by atoms with Crippen LogP contribution in [0, 0.1) is 65.1 Å². The Morgan fingerprint density at radius 2 is 0.544 bits per heavy atom. The van der Waals surface area contributed by atoms with Gasteiger partial charge in [-0.15, -0.1) is 0 Å². The van der Waals surface area contributed by atoms with Crippen LogP contribution in [0.4, 0.5) is 0 Å². The highest BCUT2D eigenvalue weighted by atomic mass is 16.5. The number of unbranched alkanes of at least 4 members (excludes halogenated alkanes) is 3. The Morgan fingerprint density at radius 3 is 0.824 bits per heavy atom. The van der Waals surface area contributed by atoms with Crippen LogP contribution in [0.15, 0.2) is 48.5 Å². The van der Waals surface area contributed by atoms with E-state index in [-0.39, 0.29) is 0 Å². The summed E-state index contributed by atoms with van der Waals surface area (Å²) in [6.45, 7) is 56.5. The molecule has 0 aliphatic rings. The predicted octanol–water partition coefficient (Wildman–Crippen LogP) is 22.8. The SMILES string of the molecule is CC(C)CCCC(C)C.CC(C)CCCCC(C)C.CC(C)CCCCCC(C)C.CC(C)CCOCCC(C)C.CC(C)Cc1cccc(C(C)C)c1.CC(C)Cc1cccc(CC(C)C)c1. The van der Waals surface area contributed by atoms with Gasteiger partial charge in [-0.3, -0.25) is 0 Å². The second-order valence-corrected chi connectivity index (χ2v) is 25.7. The maximum Gasteiger partial charge on any atom is 0.0468 e. The van der Waals surface area contributed by atoms with Crippen molar-refractivity contribution in [2.75, 3.05) is 13.2 Å². The van der Waals surface area contributed by atoms with Crippen molar-refractivity contribution in [3.05, 3.63) is 70.8 Å². The average molecular weight is 952 g/mol. The average Bonchev–Trinajstić information content (AvgIpc) is 3.19. The summed E-state index contributed by atoms with van der Waals surface area (Å²) >= 11 is 0. The maximum atomic E-state index is 5.46. The lowest BCUT2D eigenvalue weighted by molar-refractivity contribution is 0.114. The molecule has 404 valence electrons. The van der Waals surface area contributed by atoms with Crippen LogP contribution < -0.4 is 0 Å². The van der Waals surface area contributed by atoms with Crippen molar-refractivity contribution >= 4 is 0 Å². The first-order valence-electron chi connectivity index (χ1n) is 29.4. The van der Waals surface area contributed by atoms with Gasteiger partial charge in [-0.05, 0) is 125 Å². The van der Waals surface area contributed by atoms with E-state index in [0.29, 0.717) is 5.92 Å². The summed E-state index contributed by atoms with van der Waals surface area (Å²) in [5.41, 5.74) is 5.90. The third-order valence-electron chi connectivity index (χ3n) is 11.7. The van der Waals surface area contributed by atoms with E-state index in [9.17, 15) is 0 Å². The standard InChI is InChI=1S/C14H22.C13H20.C11H24.C10H22O.C10H22.C9H20/c1-11(2)8-13-6-5-7-14(10-13)9-12(3)4;1-10(2)8-12-6-5-7-13(9-12)11(3)4;1-10(2)8-6-5-7-9-11(3)4;1-9(2)5-7-11-8-6-10(3)4;1-9(2)7-5-6-8-10(3)4;1-8(2)6-5-7-9(3)4/h5-7,10-12H,8-9H2,1-4H3;5-7,9-11H,8H2,1-4H3;10-11H,5-9H2,1-4H3;9-10H,5-8H2,1-4H3;9-10H,5-8H2,1-4H3;8-9H,5-7H2,1-4H3. The molecular weight excluding hydrogens is 821 g/mol. The summed E-state index contributed by atoms with van der Waals surface area (Å²) < 4.78 is 5.46. The van der Waals surface area contributed by atoms with Gasteiger partial charge in [0.1, 0.15) is 0 Å². The van der Waals surface area contributed by atoms with Crippen LogP contribution in [0.3, 0.4) is 0 Å². The number of ether oxygens (including phenoxy) is 1. The number of benzene rings is 2. The first-order valence-corrected chi connectivity index (χ1v) is 29.4. The molecule has 0 aliphatic heterocycles. The van der Waals surface area contributed by atoms with Crippen LogP contribution in [-0.4, -0.2) is 13.2 Å². The molecule has 0 bridgehead atoms. The molecule has 0 atom stereocenters. The normalized spacial score (nSPS) is 11.4. The van der Waals surface area contributed by atoms with Crippen LogP contribution in [0.25, 0.3) is 0 Å². The summed E-state index contributed by atoms with van der Waals surface area (Å²) in [5, 5.41) is 0. The Kier molecular flexibility index (Phi) is 52.6. The number of hydrogen-bond acceptors (Lipinski definition) is 1. The summed E-state index contributed by atoms with van der Waals surface area (Å²) in [6, 6.07) is 18.0. The van der Waals surface area contributed by atoms with Gasteiger partial charge in [0.05, 0.1) is 0 Å². The zero-order valence-electron chi connectivity index (χ0n) is 51.4. The highest BCUT2D eigenvalue weighted by molar-refractivity contribution is 5.26. The molecule has 2 rings (SSSR count). The monoisotopic (exact) mass is 951 g/mol. The van der Waals surface area contributed by atoms with E-state index in [1.165, 1.54) is 131 Å². The molecule has 2 aromatic rings. The summed E-state index contributed by atoms with van der Waals surface area (Å²) in [5.74, 6) is 9.82. The number of hydrogen-bond donors (Lipinski definition) is 0. The van der Waals surface area contributed by atoms with Crippen molar-refractivity contribution in [2.45, 2.75) is 281 Å². The predicted molar refractivity (Wildman–Crippen MR) is 317 cm³/mol. The second kappa shape index (κ2) is 49.0. The molecule has 0 unspecified atom stereocenters. The maximum absolute atomic E-state index is 5.46. The summed E-state index contributed by atoms with van der Waals surface area (Å²) in [6.07, 6.45) is 23.0. The van der Waals surface area contributed by atoms with Crippen LogP contribution >= 0.6 is 0 Å². The van der Waals surface area contributed by atoms with Crippen molar-refractivity contribution in [2.24, 2.45) is 65.1 Å². The second-order valence-electron chi connectivity index (χ2n) is 25.7. The quantitative estimate of drug-likeness (QED) is 0.0773.